The van der Waals surface area contributed by atoms with Crippen LogP contribution < -0.4 is 0 Å². The first kappa shape index (κ1) is 15.3. The maximum absolute atomic E-state index is 8.69. The van der Waals surface area contributed by atoms with Crippen molar-refractivity contribution < 1.29 is 9.84 Å². The Hall–Kier alpha value is -2.08. The topological polar surface area (TPSA) is 29.5 Å². The van der Waals surface area contributed by atoms with Crippen molar-refractivity contribution >= 4 is 0 Å². The van der Waals surface area contributed by atoms with Gasteiger partial charge in [-0.25, -0.2) is 0 Å². The van der Waals surface area contributed by atoms with Crippen molar-refractivity contribution in [2.75, 3.05) is 6.61 Å². The Morgan fingerprint density at radius 1 is 1.05 bits per heavy atom. The summed E-state index contributed by atoms with van der Waals surface area (Å²) in [5, 5.41) is 8.69. The molecule has 0 aromatic heterocycles. The third-order valence-corrected chi connectivity index (χ3v) is 3.19. The van der Waals surface area contributed by atoms with Gasteiger partial charge in [-0.15, -0.1) is 0 Å². The molecule has 0 aliphatic heterocycles. The maximum Gasteiger partial charge on any atom is 0.0801 e. The molecule has 0 spiro atoms. The molecule has 0 aliphatic rings. The normalized spacial score (nSPS) is 11.5. The molecule has 1 N–H and O–H groups in total. The molecule has 2 aromatic carbocycles. The highest BCUT2D eigenvalue weighted by Gasteiger charge is 2.04. The van der Waals surface area contributed by atoms with Crippen LogP contribution in [-0.2, 0) is 11.3 Å². The number of aliphatic hydroxyl groups excluding tert-OH is 1. The fourth-order valence-electron chi connectivity index (χ4n) is 1.95. The largest absolute Gasteiger partial charge is 0.395 e. The van der Waals surface area contributed by atoms with Crippen LogP contribution in [0.4, 0.5) is 0 Å². The first-order chi connectivity index (χ1) is 10.3. The predicted octanol–water partition coefficient (Wildman–Crippen LogP) is 3.70. The molecule has 2 nitrogen and oxygen atoms in total. The lowest BCUT2D eigenvalue weighted by molar-refractivity contribution is 0.0525. The number of hydrogen-bond acceptors (Lipinski definition) is 2. The molecule has 2 aromatic rings. The molecule has 0 heterocycles. The quantitative estimate of drug-likeness (QED) is 0.846. The van der Waals surface area contributed by atoms with Crippen molar-refractivity contribution in [2.24, 2.45) is 0 Å². The molecule has 1 atom stereocenters. The van der Waals surface area contributed by atoms with Crippen LogP contribution in [-0.4, -0.2) is 11.7 Å². The van der Waals surface area contributed by atoms with Gasteiger partial charge in [0.1, 0.15) is 0 Å². The zero-order chi connectivity index (χ0) is 14.9. The number of benzene rings is 2. The summed E-state index contributed by atoms with van der Waals surface area (Å²) in [5.74, 6) is 5.92. The van der Waals surface area contributed by atoms with E-state index in [1.54, 1.807) is 0 Å². The fourth-order valence-corrected chi connectivity index (χ4v) is 1.95. The average Bonchev–Trinajstić information content (AvgIpc) is 2.55. The van der Waals surface area contributed by atoms with E-state index in [1.165, 1.54) is 5.56 Å². The molecule has 0 aliphatic carbocycles. The van der Waals surface area contributed by atoms with Crippen molar-refractivity contribution in [3.05, 3.63) is 71.3 Å². The molecule has 108 valence electrons. The van der Waals surface area contributed by atoms with Gasteiger partial charge in [0.05, 0.1) is 19.3 Å². The highest BCUT2D eigenvalue weighted by atomic mass is 16.5. The molecule has 0 saturated carbocycles. The molecule has 0 saturated heterocycles. The van der Waals surface area contributed by atoms with E-state index >= 15 is 0 Å². The first-order valence-electron chi connectivity index (χ1n) is 7.15. The third kappa shape index (κ3) is 5.07. The van der Waals surface area contributed by atoms with Gasteiger partial charge in [-0.05, 0) is 30.2 Å². The standard InChI is InChI=1S/C19H20O2/c1-16(19-8-3-2-4-9-19)21-15-18-12-10-17(11-13-18)7-5-6-14-20/h2-4,8-13,16,20H,6,14-15H2,1H3. The minimum absolute atomic E-state index is 0.0789. The SMILES string of the molecule is CC(OCc1ccc(C#CCCO)cc1)c1ccccc1. The van der Waals surface area contributed by atoms with Gasteiger partial charge in [-0.1, -0.05) is 54.3 Å². The highest BCUT2D eigenvalue weighted by molar-refractivity contribution is 5.36. The van der Waals surface area contributed by atoms with Crippen molar-refractivity contribution in [3.8, 4) is 11.8 Å². The fraction of sp³-hybridized carbons (Fsp3) is 0.263. The number of rotatable bonds is 5. The van der Waals surface area contributed by atoms with Crippen LogP contribution in [0.3, 0.4) is 0 Å². The molecule has 0 bridgehead atoms. The second kappa shape index (κ2) is 8.26. The second-order valence-corrected chi connectivity index (χ2v) is 4.84. The highest BCUT2D eigenvalue weighted by Crippen LogP contribution is 2.18. The van der Waals surface area contributed by atoms with E-state index < -0.39 is 0 Å². The monoisotopic (exact) mass is 280 g/mol. The first-order valence-corrected chi connectivity index (χ1v) is 7.15. The van der Waals surface area contributed by atoms with Gasteiger partial charge in [0.25, 0.3) is 0 Å². The van der Waals surface area contributed by atoms with Crippen LogP contribution in [0.1, 0.15) is 36.1 Å². The molecular formula is C19H20O2. The van der Waals surface area contributed by atoms with Gasteiger partial charge in [-0.2, -0.15) is 0 Å². The van der Waals surface area contributed by atoms with Crippen molar-refractivity contribution in [1.82, 2.24) is 0 Å². The van der Waals surface area contributed by atoms with Crippen LogP contribution in [0.15, 0.2) is 54.6 Å². The Balaban J connectivity index is 1.88. The Morgan fingerprint density at radius 3 is 2.43 bits per heavy atom. The van der Waals surface area contributed by atoms with Crippen LogP contribution in [0, 0.1) is 11.8 Å². The predicted molar refractivity (Wildman–Crippen MR) is 84.7 cm³/mol. The minimum Gasteiger partial charge on any atom is -0.395 e. The lowest BCUT2D eigenvalue weighted by Gasteiger charge is -2.13. The molecule has 0 fully saturated rings. The summed E-state index contributed by atoms with van der Waals surface area (Å²) >= 11 is 0. The lowest BCUT2D eigenvalue weighted by atomic mass is 10.1. The van der Waals surface area contributed by atoms with Crippen molar-refractivity contribution in [3.63, 3.8) is 0 Å². The summed E-state index contributed by atoms with van der Waals surface area (Å²) in [6.07, 6.45) is 0.592. The van der Waals surface area contributed by atoms with E-state index in [9.17, 15) is 0 Å². The number of aliphatic hydroxyl groups is 1. The average molecular weight is 280 g/mol. The lowest BCUT2D eigenvalue weighted by Crippen LogP contribution is -2.00. The van der Waals surface area contributed by atoms with E-state index in [-0.39, 0.29) is 12.7 Å². The Bertz CT molecular complexity index is 591. The van der Waals surface area contributed by atoms with Crippen LogP contribution in [0.2, 0.25) is 0 Å². The zero-order valence-corrected chi connectivity index (χ0v) is 12.3. The smallest absolute Gasteiger partial charge is 0.0801 e. The van der Waals surface area contributed by atoms with Gasteiger partial charge >= 0.3 is 0 Å². The molecule has 0 amide bonds. The van der Waals surface area contributed by atoms with Gasteiger partial charge in [0, 0.05) is 12.0 Å². The Kier molecular flexibility index (Phi) is 6.02. The summed E-state index contributed by atoms with van der Waals surface area (Å²) in [6, 6.07) is 18.2. The second-order valence-electron chi connectivity index (χ2n) is 4.84. The minimum atomic E-state index is 0.0789. The number of hydrogen-bond donors (Lipinski definition) is 1. The molecular weight excluding hydrogens is 260 g/mol. The van der Waals surface area contributed by atoms with E-state index in [2.05, 4.69) is 30.9 Å². The zero-order valence-electron chi connectivity index (χ0n) is 12.3. The molecule has 2 heteroatoms. The summed E-state index contributed by atoms with van der Waals surface area (Å²) in [5.41, 5.74) is 3.28. The number of ether oxygens (including phenoxy) is 1. The van der Waals surface area contributed by atoms with Crippen LogP contribution >= 0.6 is 0 Å². The summed E-state index contributed by atoms with van der Waals surface area (Å²) in [4.78, 5) is 0. The Labute approximate surface area is 126 Å². The summed E-state index contributed by atoms with van der Waals surface area (Å²) < 4.78 is 5.88. The molecule has 1 unspecified atom stereocenters. The van der Waals surface area contributed by atoms with Crippen LogP contribution in [0.5, 0.6) is 0 Å². The van der Waals surface area contributed by atoms with Gasteiger partial charge in [-0.3, -0.25) is 0 Å². The van der Waals surface area contributed by atoms with Gasteiger partial charge in [0.15, 0.2) is 0 Å². The Morgan fingerprint density at radius 2 is 1.76 bits per heavy atom. The summed E-state index contributed by atoms with van der Waals surface area (Å²) in [6.45, 7) is 2.75. The van der Waals surface area contributed by atoms with Crippen LogP contribution in [0.25, 0.3) is 0 Å². The van der Waals surface area contributed by atoms with E-state index in [1.807, 2.05) is 42.5 Å². The van der Waals surface area contributed by atoms with Gasteiger partial charge in [0.2, 0.25) is 0 Å². The van der Waals surface area contributed by atoms with E-state index in [4.69, 9.17) is 9.84 Å². The summed E-state index contributed by atoms with van der Waals surface area (Å²) in [7, 11) is 0. The van der Waals surface area contributed by atoms with Crippen molar-refractivity contribution in [1.29, 1.82) is 0 Å². The van der Waals surface area contributed by atoms with E-state index in [0.29, 0.717) is 13.0 Å². The molecule has 2 rings (SSSR count). The van der Waals surface area contributed by atoms with Crippen molar-refractivity contribution in [2.45, 2.75) is 26.1 Å². The molecule has 21 heavy (non-hydrogen) atoms. The third-order valence-electron chi connectivity index (χ3n) is 3.19. The molecule has 0 radical (unpaired) electrons. The van der Waals surface area contributed by atoms with Gasteiger partial charge < -0.3 is 9.84 Å². The maximum atomic E-state index is 8.69. The van der Waals surface area contributed by atoms with E-state index in [0.717, 1.165) is 11.1 Å².